The number of guanidine groups is 1. The molecule has 0 saturated heterocycles. The molecule has 1 N–H and O–H groups in total. The number of carbonyl (C=O) groups excluding carboxylic acids is 1. The Hall–Kier alpha value is -2.76. The number of furan rings is 1. The number of hydrogen-bond acceptors (Lipinski definition) is 4. The Morgan fingerprint density at radius 2 is 1.96 bits per heavy atom. The summed E-state index contributed by atoms with van der Waals surface area (Å²) in [7, 11) is 5.07. The Labute approximate surface area is 148 Å². The highest BCUT2D eigenvalue weighted by molar-refractivity contribution is 5.90. The van der Waals surface area contributed by atoms with Crippen molar-refractivity contribution in [3.05, 3.63) is 58.5 Å². The monoisotopic (exact) mass is 343 g/mol. The zero-order chi connectivity index (χ0) is 18.4. The number of nitrogens with zero attached hydrogens (tertiary/aromatic N) is 2. The average molecular weight is 343 g/mol. The molecule has 1 heterocycles. The van der Waals surface area contributed by atoms with Crippen molar-refractivity contribution in [3.8, 4) is 0 Å². The molecule has 0 fully saturated rings. The standard InChI is InChI=1S/C19H25N3O3/c1-13-6-8-15(9-7-13)12-22(4)19(20-3)21-11-16-10-17(14(2)25-16)18(23)24-5/h6-10H,11-12H2,1-5H3,(H,20,21). The molecule has 0 atom stereocenters. The Morgan fingerprint density at radius 1 is 1.28 bits per heavy atom. The first-order valence-corrected chi connectivity index (χ1v) is 8.09. The number of methoxy groups -OCH3 is 1. The molecule has 0 unspecified atom stereocenters. The van der Waals surface area contributed by atoms with Crippen LogP contribution in [0.3, 0.4) is 0 Å². The smallest absolute Gasteiger partial charge is 0.341 e. The quantitative estimate of drug-likeness (QED) is 0.514. The molecule has 0 aliphatic rings. The highest BCUT2D eigenvalue weighted by Crippen LogP contribution is 2.15. The highest BCUT2D eigenvalue weighted by atomic mass is 16.5. The van der Waals surface area contributed by atoms with Crippen molar-refractivity contribution in [3.63, 3.8) is 0 Å². The lowest BCUT2D eigenvalue weighted by molar-refractivity contribution is 0.0599. The van der Waals surface area contributed by atoms with Gasteiger partial charge in [0.1, 0.15) is 17.1 Å². The minimum atomic E-state index is -0.395. The van der Waals surface area contributed by atoms with Crippen LogP contribution in [0.25, 0.3) is 0 Å². The molecule has 1 aromatic heterocycles. The summed E-state index contributed by atoms with van der Waals surface area (Å²) in [6.45, 7) is 4.99. The molecule has 0 radical (unpaired) electrons. The third-order valence-electron chi connectivity index (χ3n) is 3.91. The fraction of sp³-hybridized carbons (Fsp3) is 0.368. The van der Waals surface area contributed by atoms with Gasteiger partial charge in [-0.1, -0.05) is 29.8 Å². The first-order chi connectivity index (χ1) is 11.9. The fourth-order valence-corrected chi connectivity index (χ4v) is 2.54. The molecular formula is C19H25N3O3. The Balaban J connectivity index is 1.98. The van der Waals surface area contributed by atoms with Crippen molar-refractivity contribution < 1.29 is 13.9 Å². The number of ether oxygens (including phenoxy) is 1. The normalized spacial score (nSPS) is 11.3. The Kier molecular flexibility index (Phi) is 6.22. The number of hydrogen-bond donors (Lipinski definition) is 1. The van der Waals surface area contributed by atoms with Gasteiger partial charge in [-0.2, -0.15) is 0 Å². The summed E-state index contributed by atoms with van der Waals surface area (Å²) in [5, 5.41) is 3.24. The van der Waals surface area contributed by atoms with Crippen molar-refractivity contribution in [1.29, 1.82) is 0 Å². The van der Waals surface area contributed by atoms with Crippen molar-refractivity contribution in [1.82, 2.24) is 10.2 Å². The van der Waals surface area contributed by atoms with Gasteiger partial charge in [-0.05, 0) is 25.5 Å². The number of aliphatic imine (C=N–C) groups is 1. The summed E-state index contributed by atoms with van der Waals surface area (Å²) < 4.78 is 10.3. The lowest BCUT2D eigenvalue weighted by Gasteiger charge is -2.22. The maximum atomic E-state index is 11.6. The highest BCUT2D eigenvalue weighted by Gasteiger charge is 2.16. The first-order valence-electron chi connectivity index (χ1n) is 8.09. The van der Waals surface area contributed by atoms with Crippen LogP contribution in [0.15, 0.2) is 39.7 Å². The second-order valence-electron chi connectivity index (χ2n) is 5.92. The van der Waals surface area contributed by atoms with E-state index in [1.54, 1.807) is 20.0 Å². The minimum absolute atomic E-state index is 0.395. The van der Waals surface area contributed by atoms with E-state index in [9.17, 15) is 4.79 Å². The third-order valence-corrected chi connectivity index (χ3v) is 3.91. The molecule has 6 heteroatoms. The molecule has 1 aromatic carbocycles. The summed E-state index contributed by atoms with van der Waals surface area (Å²) in [4.78, 5) is 18.0. The predicted molar refractivity (Wildman–Crippen MR) is 97.6 cm³/mol. The van der Waals surface area contributed by atoms with Crippen molar-refractivity contribution in [2.75, 3.05) is 21.2 Å². The lowest BCUT2D eigenvalue weighted by atomic mass is 10.1. The molecule has 0 bridgehead atoms. The van der Waals surface area contributed by atoms with E-state index in [0.29, 0.717) is 23.6 Å². The van der Waals surface area contributed by atoms with Crippen LogP contribution < -0.4 is 5.32 Å². The van der Waals surface area contributed by atoms with Gasteiger partial charge in [-0.3, -0.25) is 4.99 Å². The topological polar surface area (TPSA) is 67.1 Å². The molecule has 0 aliphatic heterocycles. The van der Waals surface area contributed by atoms with Crippen LogP contribution in [0.4, 0.5) is 0 Å². The SMILES string of the molecule is CN=C(NCc1cc(C(=O)OC)c(C)o1)N(C)Cc1ccc(C)cc1. The van der Waals surface area contributed by atoms with Crippen LogP contribution in [-0.2, 0) is 17.8 Å². The van der Waals surface area contributed by atoms with Crippen LogP contribution in [-0.4, -0.2) is 38.0 Å². The average Bonchev–Trinajstić information content (AvgIpc) is 2.97. The molecule has 0 saturated carbocycles. The molecule has 2 aromatic rings. The maximum Gasteiger partial charge on any atom is 0.341 e. The fourth-order valence-electron chi connectivity index (χ4n) is 2.54. The Bertz CT molecular complexity index is 748. The van der Waals surface area contributed by atoms with Gasteiger partial charge in [-0.15, -0.1) is 0 Å². The molecular weight excluding hydrogens is 318 g/mol. The largest absolute Gasteiger partial charge is 0.465 e. The van der Waals surface area contributed by atoms with Crippen LogP contribution in [0.1, 0.15) is 33.0 Å². The van der Waals surface area contributed by atoms with Gasteiger partial charge >= 0.3 is 5.97 Å². The molecule has 134 valence electrons. The Morgan fingerprint density at radius 3 is 2.56 bits per heavy atom. The van der Waals surface area contributed by atoms with Gasteiger partial charge in [0.15, 0.2) is 5.96 Å². The van der Waals surface area contributed by atoms with Gasteiger partial charge in [0, 0.05) is 20.6 Å². The number of aryl methyl sites for hydroxylation is 2. The van der Waals surface area contributed by atoms with Gasteiger partial charge in [0.25, 0.3) is 0 Å². The molecule has 25 heavy (non-hydrogen) atoms. The zero-order valence-corrected chi connectivity index (χ0v) is 15.4. The van der Waals surface area contributed by atoms with E-state index < -0.39 is 5.97 Å². The van der Waals surface area contributed by atoms with E-state index in [1.165, 1.54) is 18.2 Å². The number of nitrogens with one attached hydrogen (secondary N) is 1. The van der Waals surface area contributed by atoms with Crippen LogP contribution in [0, 0.1) is 13.8 Å². The number of benzene rings is 1. The number of carbonyl (C=O) groups is 1. The second-order valence-corrected chi connectivity index (χ2v) is 5.92. The second kappa shape index (κ2) is 8.37. The molecule has 2 rings (SSSR count). The summed E-state index contributed by atoms with van der Waals surface area (Å²) >= 11 is 0. The minimum Gasteiger partial charge on any atom is -0.465 e. The van der Waals surface area contributed by atoms with E-state index in [2.05, 4.69) is 41.5 Å². The molecule has 0 spiro atoms. The summed E-state index contributed by atoms with van der Waals surface area (Å²) in [6.07, 6.45) is 0. The van der Waals surface area contributed by atoms with Gasteiger partial charge in [0.05, 0.1) is 13.7 Å². The van der Waals surface area contributed by atoms with Crippen molar-refractivity contribution in [2.45, 2.75) is 26.9 Å². The van der Waals surface area contributed by atoms with Gasteiger partial charge in [0.2, 0.25) is 0 Å². The van der Waals surface area contributed by atoms with Crippen LogP contribution >= 0.6 is 0 Å². The molecule has 0 amide bonds. The van der Waals surface area contributed by atoms with Gasteiger partial charge < -0.3 is 19.4 Å². The zero-order valence-electron chi connectivity index (χ0n) is 15.4. The predicted octanol–water partition coefficient (Wildman–Crippen LogP) is 2.89. The number of rotatable bonds is 5. The summed E-state index contributed by atoms with van der Waals surface area (Å²) in [5.74, 6) is 1.55. The lowest BCUT2D eigenvalue weighted by Crippen LogP contribution is -2.37. The summed E-state index contributed by atoms with van der Waals surface area (Å²) in [5.41, 5.74) is 2.89. The summed E-state index contributed by atoms with van der Waals surface area (Å²) in [6, 6.07) is 10.1. The van der Waals surface area contributed by atoms with E-state index in [0.717, 1.165) is 12.5 Å². The van der Waals surface area contributed by atoms with E-state index >= 15 is 0 Å². The first kappa shape index (κ1) is 18.6. The molecule has 6 nitrogen and oxygen atoms in total. The van der Waals surface area contributed by atoms with E-state index in [1.807, 2.05) is 11.9 Å². The van der Waals surface area contributed by atoms with Gasteiger partial charge in [-0.25, -0.2) is 4.79 Å². The van der Waals surface area contributed by atoms with Crippen LogP contribution in [0.5, 0.6) is 0 Å². The van der Waals surface area contributed by atoms with Crippen LogP contribution in [0.2, 0.25) is 0 Å². The molecule has 0 aliphatic carbocycles. The third kappa shape index (κ3) is 4.86. The van der Waals surface area contributed by atoms with E-state index in [4.69, 9.17) is 9.15 Å². The number of esters is 1. The van der Waals surface area contributed by atoms with E-state index in [-0.39, 0.29) is 0 Å². The maximum absolute atomic E-state index is 11.6. The van der Waals surface area contributed by atoms with Crippen molar-refractivity contribution in [2.24, 2.45) is 4.99 Å². The van der Waals surface area contributed by atoms with Crippen molar-refractivity contribution >= 4 is 11.9 Å².